The maximum atomic E-state index is 12.6. The lowest BCUT2D eigenvalue weighted by Crippen LogP contribution is -2.00. The summed E-state index contributed by atoms with van der Waals surface area (Å²) < 4.78 is 25.8. The highest BCUT2D eigenvalue weighted by atomic mass is 79.9. The highest BCUT2D eigenvalue weighted by molar-refractivity contribution is 9.10. The molecule has 0 fully saturated rings. The monoisotopic (exact) mass is 346 g/mol. The van der Waals surface area contributed by atoms with E-state index < -0.39 is 6.43 Å². The van der Waals surface area contributed by atoms with Crippen molar-refractivity contribution in [2.75, 3.05) is 5.32 Å². The molecule has 0 spiro atoms. The van der Waals surface area contributed by atoms with Crippen molar-refractivity contribution in [3.63, 3.8) is 0 Å². The van der Waals surface area contributed by atoms with Gasteiger partial charge in [-0.3, -0.25) is 0 Å². The smallest absolute Gasteiger partial charge is 0.263 e. The van der Waals surface area contributed by atoms with Gasteiger partial charge in [0.15, 0.2) is 0 Å². The van der Waals surface area contributed by atoms with Gasteiger partial charge in [-0.05, 0) is 33.6 Å². The summed E-state index contributed by atoms with van der Waals surface area (Å²) in [6, 6.07) is 8.09. The molecule has 2 nitrogen and oxygen atoms in total. The Morgan fingerprint density at radius 3 is 2.79 bits per heavy atom. The molecule has 0 saturated heterocycles. The first-order chi connectivity index (χ1) is 9.06. The Morgan fingerprint density at radius 1 is 1.32 bits per heavy atom. The van der Waals surface area contributed by atoms with Crippen LogP contribution in [0.2, 0.25) is 5.15 Å². The number of hydrogen-bond donors (Lipinski definition) is 1. The topological polar surface area (TPSA) is 24.9 Å². The van der Waals surface area contributed by atoms with Crippen LogP contribution >= 0.6 is 27.5 Å². The van der Waals surface area contributed by atoms with E-state index in [1.807, 2.05) is 0 Å². The second-order valence-electron chi connectivity index (χ2n) is 3.90. The van der Waals surface area contributed by atoms with E-state index in [9.17, 15) is 8.78 Å². The molecule has 0 unspecified atom stereocenters. The van der Waals surface area contributed by atoms with Crippen LogP contribution in [0.3, 0.4) is 0 Å². The fourth-order valence-electron chi connectivity index (χ4n) is 1.56. The van der Waals surface area contributed by atoms with E-state index in [2.05, 4.69) is 26.2 Å². The molecule has 2 rings (SSSR count). The maximum absolute atomic E-state index is 12.6. The van der Waals surface area contributed by atoms with Crippen molar-refractivity contribution in [1.82, 2.24) is 4.98 Å². The summed E-state index contributed by atoms with van der Waals surface area (Å²) >= 11 is 9.05. The maximum Gasteiger partial charge on any atom is 0.263 e. The molecule has 0 aliphatic carbocycles. The number of alkyl halides is 2. The molecular weight excluding hydrogens is 338 g/mol. The third kappa shape index (κ3) is 3.88. The van der Waals surface area contributed by atoms with E-state index >= 15 is 0 Å². The molecule has 1 aromatic carbocycles. The second-order valence-corrected chi connectivity index (χ2v) is 5.11. The Kier molecular flexibility index (Phi) is 4.71. The van der Waals surface area contributed by atoms with Crippen molar-refractivity contribution >= 4 is 33.2 Å². The van der Waals surface area contributed by atoms with Crippen molar-refractivity contribution in [1.29, 1.82) is 0 Å². The Morgan fingerprint density at radius 2 is 2.11 bits per heavy atom. The predicted octanol–water partition coefficient (Wildman–Crippen LogP) is 5.05. The Labute approximate surface area is 122 Å². The number of benzene rings is 1. The number of halogens is 4. The minimum Gasteiger partial charge on any atom is -0.380 e. The van der Waals surface area contributed by atoms with Crippen molar-refractivity contribution in [2.45, 2.75) is 13.0 Å². The molecule has 0 atom stereocenters. The first-order valence-electron chi connectivity index (χ1n) is 5.48. The van der Waals surface area contributed by atoms with Crippen molar-refractivity contribution in [3.05, 3.63) is 57.3 Å². The predicted molar refractivity (Wildman–Crippen MR) is 75.7 cm³/mol. The largest absolute Gasteiger partial charge is 0.380 e. The molecule has 0 aliphatic rings. The number of rotatable bonds is 4. The summed E-state index contributed by atoms with van der Waals surface area (Å²) in [7, 11) is 0. The zero-order chi connectivity index (χ0) is 13.8. The fourth-order valence-corrected chi connectivity index (χ4v) is 2.01. The number of aromatic nitrogens is 1. The summed E-state index contributed by atoms with van der Waals surface area (Å²) in [5.41, 5.74) is 1.57. The van der Waals surface area contributed by atoms with E-state index in [0.29, 0.717) is 16.2 Å². The van der Waals surface area contributed by atoms with Gasteiger partial charge < -0.3 is 5.32 Å². The molecule has 0 bridgehead atoms. The number of pyridine rings is 1. The summed E-state index contributed by atoms with van der Waals surface area (Å²) in [5, 5.41) is 3.48. The van der Waals surface area contributed by atoms with Crippen molar-refractivity contribution in [2.24, 2.45) is 0 Å². The molecule has 2 aromatic rings. The molecule has 1 heterocycles. The van der Waals surface area contributed by atoms with Crippen LogP contribution in [0.5, 0.6) is 0 Å². The van der Waals surface area contributed by atoms with Crippen LogP contribution in [-0.4, -0.2) is 4.98 Å². The van der Waals surface area contributed by atoms with Crippen LogP contribution in [0.4, 0.5) is 14.5 Å². The summed E-state index contributed by atoms with van der Waals surface area (Å²) in [5.74, 6) is 0. The Balaban J connectivity index is 2.05. The van der Waals surface area contributed by atoms with Gasteiger partial charge in [-0.1, -0.05) is 29.8 Å². The first-order valence-corrected chi connectivity index (χ1v) is 6.65. The molecule has 6 heteroatoms. The highest BCUT2D eigenvalue weighted by Gasteiger charge is 2.07. The van der Waals surface area contributed by atoms with Gasteiger partial charge in [0, 0.05) is 12.1 Å². The lowest BCUT2D eigenvalue weighted by atomic mass is 10.1. The van der Waals surface area contributed by atoms with Crippen LogP contribution in [0.15, 0.2) is 41.0 Å². The van der Waals surface area contributed by atoms with E-state index in [0.717, 1.165) is 11.3 Å². The lowest BCUT2D eigenvalue weighted by Gasteiger charge is -2.08. The highest BCUT2D eigenvalue weighted by Crippen LogP contribution is 2.24. The van der Waals surface area contributed by atoms with Crippen LogP contribution in [0, 0.1) is 0 Å². The molecule has 0 aliphatic heterocycles. The molecule has 0 radical (unpaired) electrons. The average Bonchev–Trinajstić information content (AvgIpc) is 2.40. The van der Waals surface area contributed by atoms with Gasteiger partial charge in [-0.25, -0.2) is 13.8 Å². The van der Waals surface area contributed by atoms with Crippen molar-refractivity contribution < 1.29 is 8.78 Å². The van der Waals surface area contributed by atoms with E-state index in [1.165, 1.54) is 12.1 Å². The Bertz CT molecular complexity index is 578. The van der Waals surface area contributed by atoms with Gasteiger partial charge in [-0.2, -0.15) is 0 Å². The van der Waals surface area contributed by atoms with Gasteiger partial charge in [0.1, 0.15) is 5.15 Å². The molecule has 19 heavy (non-hydrogen) atoms. The van der Waals surface area contributed by atoms with Crippen LogP contribution in [0.1, 0.15) is 17.6 Å². The molecular formula is C13H10BrClF2N2. The lowest BCUT2D eigenvalue weighted by molar-refractivity contribution is 0.151. The number of hydrogen-bond acceptors (Lipinski definition) is 2. The number of anilines is 1. The van der Waals surface area contributed by atoms with Crippen molar-refractivity contribution in [3.8, 4) is 0 Å². The SMILES string of the molecule is FC(F)c1cccc(CNc2cnc(Cl)c(Br)c2)c1. The van der Waals surface area contributed by atoms with Gasteiger partial charge in [-0.15, -0.1) is 0 Å². The van der Waals surface area contributed by atoms with E-state index in [-0.39, 0.29) is 5.56 Å². The third-order valence-electron chi connectivity index (χ3n) is 2.50. The average molecular weight is 348 g/mol. The summed E-state index contributed by atoms with van der Waals surface area (Å²) in [6.45, 7) is 0.441. The zero-order valence-electron chi connectivity index (χ0n) is 9.71. The molecule has 0 saturated carbocycles. The third-order valence-corrected chi connectivity index (χ3v) is 3.63. The van der Waals surface area contributed by atoms with Crippen LogP contribution in [0.25, 0.3) is 0 Å². The molecule has 1 aromatic heterocycles. The van der Waals surface area contributed by atoms with Gasteiger partial charge in [0.2, 0.25) is 0 Å². The standard InChI is InChI=1S/C13H10BrClF2N2/c14-11-5-10(7-19-12(11)15)18-6-8-2-1-3-9(4-8)13(16)17/h1-5,7,13,18H,6H2. The van der Waals surface area contributed by atoms with Gasteiger partial charge >= 0.3 is 0 Å². The van der Waals surface area contributed by atoms with E-state index in [1.54, 1.807) is 24.4 Å². The van der Waals surface area contributed by atoms with Crippen LogP contribution in [-0.2, 0) is 6.54 Å². The first kappa shape index (κ1) is 14.2. The minimum absolute atomic E-state index is 0.0229. The quantitative estimate of drug-likeness (QED) is 0.783. The number of nitrogens with one attached hydrogen (secondary N) is 1. The van der Waals surface area contributed by atoms with Crippen LogP contribution < -0.4 is 5.32 Å². The molecule has 1 N–H and O–H groups in total. The van der Waals surface area contributed by atoms with Gasteiger partial charge in [0.25, 0.3) is 6.43 Å². The fraction of sp³-hybridized carbons (Fsp3) is 0.154. The molecule has 100 valence electrons. The summed E-state index contributed by atoms with van der Waals surface area (Å²) in [6.07, 6.45) is -0.865. The summed E-state index contributed by atoms with van der Waals surface area (Å²) in [4.78, 5) is 3.97. The Hall–Kier alpha value is -1.20. The van der Waals surface area contributed by atoms with E-state index in [4.69, 9.17) is 11.6 Å². The zero-order valence-corrected chi connectivity index (χ0v) is 12.0. The normalized spacial score (nSPS) is 10.8. The minimum atomic E-state index is -2.45. The second kappa shape index (κ2) is 6.30. The van der Waals surface area contributed by atoms with Gasteiger partial charge in [0.05, 0.1) is 16.4 Å². The molecule has 0 amide bonds. The number of nitrogens with zero attached hydrogens (tertiary/aromatic N) is 1.